The Morgan fingerprint density at radius 2 is 1.93 bits per heavy atom. The number of ether oxygens (including phenoxy) is 1. The zero-order valence-electron chi connectivity index (χ0n) is 8.39. The van der Waals surface area contributed by atoms with Gasteiger partial charge < -0.3 is 9.64 Å². The van der Waals surface area contributed by atoms with Crippen molar-refractivity contribution in [2.75, 3.05) is 20.3 Å². The monoisotopic (exact) mass is 213 g/mol. The molecule has 0 saturated heterocycles. The van der Waals surface area contributed by atoms with Crippen LogP contribution in [0, 0.1) is 0 Å². The summed E-state index contributed by atoms with van der Waals surface area (Å²) < 4.78 is 40.8. The Morgan fingerprint density at radius 3 is 2.21 bits per heavy atom. The Balaban J connectivity index is 4.42. The molecule has 0 saturated carbocycles. The van der Waals surface area contributed by atoms with E-state index in [0.29, 0.717) is 0 Å². The van der Waals surface area contributed by atoms with Gasteiger partial charge in [-0.25, -0.2) is 0 Å². The lowest BCUT2D eigenvalue weighted by molar-refractivity contribution is -0.187. The van der Waals surface area contributed by atoms with Crippen LogP contribution in [0.15, 0.2) is 0 Å². The molecule has 0 aliphatic heterocycles. The molecule has 0 aliphatic rings. The minimum Gasteiger partial charge on any atom is -0.383 e. The SMILES string of the molecule is COCCN(C(=O)C(F)(F)F)C(C)C. The number of halogens is 3. The zero-order valence-corrected chi connectivity index (χ0v) is 8.39. The number of hydrogen-bond donors (Lipinski definition) is 0. The summed E-state index contributed by atoms with van der Waals surface area (Å²) in [6, 6.07) is -0.487. The van der Waals surface area contributed by atoms with E-state index >= 15 is 0 Å². The Hall–Kier alpha value is -0.780. The summed E-state index contributed by atoms with van der Waals surface area (Å²) >= 11 is 0. The average Bonchev–Trinajstić information content (AvgIpc) is 2.02. The molecule has 0 fully saturated rings. The summed E-state index contributed by atoms with van der Waals surface area (Å²) in [5.74, 6) is -1.82. The first-order chi connectivity index (χ1) is 6.30. The molecule has 0 aromatic rings. The fourth-order valence-electron chi connectivity index (χ4n) is 0.947. The first-order valence-corrected chi connectivity index (χ1v) is 4.17. The van der Waals surface area contributed by atoms with E-state index in [0.717, 1.165) is 4.90 Å². The molecule has 0 spiro atoms. The van der Waals surface area contributed by atoms with Crippen molar-refractivity contribution in [2.45, 2.75) is 26.1 Å². The van der Waals surface area contributed by atoms with E-state index in [-0.39, 0.29) is 13.2 Å². The maximum absolute atomic E-state index is 12.1. The summed E-state index contributed by atoms with van der Waals surface area (Å²) in [6.45, 7) is 3.10. The van der Waals surface area contributed by atoms with Gasteiger partial charge in [0.1, 0.15) is 0 Å². The van der Waals surface area contributed by atoms with Gasteiger partial charge in [-0.05, 0) is 13.8 Å². The van der Waals surface area contributed by atoms with Crippen molar-refractivity contribution in [1.29, 1.82) is 0 Å². The molecule has 0 heterocycles. The highest BCUT2D eigenvalue weighted by Crippen LogP contribution is 2.19. The van der Waals surface area contributed by atoms with E-state index in [1.165, 1.54) is 21.0 Å². The van der Waals surface area contributed by atoms with Gasteiger partial charge in [0.2, 0.25) is 0 Å². The fourth-order valence-corrected chi connectivity index (χ4v) is 0.947. The molecular formula is C8H14F3NO2. The molecule has 3 nitrogen and oxygen atoms in total. The highest BCUT2D eigenvalue weighted by molar-refractivity contribution is 5.82. The van der Waals surface area contributed by atoms with Crippen LogP contribution in [0.2, 0.25) is 0 Å². The standard InChI is InChI=1S/C8H14F3NO2/c1-6(2)12(4-5-14-3)7(13)8(9,10)11/h6H,4-5H2,1-3H3. The van der Waals surface area contributed by atoms with Crippen molar-refractivity contribution in [3.63, 3.8) is 0 Å². The highest BCUT2D eigenvalue weighted by Gasteiger charge is 2.42. The van der Waals surface area contributed by atoms with Crippen LogP contribution in [-0.4, -0.2) is 43.3 Å². The van der Waals surface area contributed by atoms with E-state index in [1.54, 1.807) is 0 Å². The van der Waals surface area contributed by atoms with Gasteiger partial charge in [0.05, 0.1) is 6.61 Å². The molecule has 0 aliphatic carbocycles. The van der Waals surface area contributed by atoms with Crippen LogP contribution in [-0.2, 0) is 9.53 Å². The first-order valence-electron chi connectivity index (χ1n) is 4.17. The van der Waals surface area contributed by atoms with Gasteiger partial charge in [-0.3, -0.25) is 4.79 Å². The van der Waals surface area contributed by atoms with Crippen LogP contribution in [0.3, 0.4) is 0 Å². The third-order valence-corrected chi connectivity index (χ3v) is 1.66. The molecule has 1 amide bonds. The van der Waals surface area contributed by atoms with Crippen molar-refractivity contribution in [1.82, 2.24) is 4.90 Å². The summed E-state index contributed by atoms with van der Waals surface area (Å²) in [5, 5.41) is 0. The van der Waals surface area contributed by atoms with Crippen molar-refractivity contribution in [3.8, 4) is 0 Å². The largest absolute Gasteiger partial charge is 0.471 e. The van der Waals surface area contributed by atoms with E-state index in [1.807, 2.05) is 0 Å². The number of hydrogen-bond acceptors (Lipinski definition) is 2. The number of carbonyl (C=O) groups excluding carboxylic acids is 1. The second-order valence-corrected chi connectivity index (χ2v) is 3.08. The number of nitrogens with zero attached hydrogens (tertiary/aromatic N) is 1. The van der Waals surface area contributed by atoms with Crippen molar-refractivity contribution < 1.29 is 22.7 Å². The minimum atomic E-state index is -4.81. The van der Waals surface area contributed by atoms with Crippen LogP contribution < -0.4 is 0 Å². The summed E-state index contributed by atoms with van der Waals surface area (Å²) in [7, 11) is 1.37. The lowest BCUT2D eigenvalue weighted by Crippen LogP contribution is -2.46. The molecule has 0 N–H and O–H groups in total. The second-order valence-electron chi connectivity index (χ2n) is 3.08. The predicted octanol–water partition coefficient (Wildman–Crippen LogP) is 1.43. The van der Waals surface area contributed by atoms with Gasteiger partial charge in [0, 0.05) is 19.7 Å². The number of amides is 1. The van der Waals surface area contributed by atoms with Crippen molar-refractivity contribution in [3.05, 3.63) is 0 Å². The van der Waals surface area contributed by atoms with Gasteiger partial charge >= 0.3 is 12.1 Å². The number of carbonyl (C=O) groups is 1. The highest BCUT2D eigenvalue weighted by atomic mass is 19.4. The Morgan fingerprint density at radius 1 is 1.43 bits per heavy atom. The van der Waals surface area contributed by atoms with Gasteiger partial charge in [0.15, 0.2) is 0 Å². The molecule has 0 atom stereocenters. The van der Waals surface area contributed by atoms with Crippen LogP contribution in [0.25, 0.3) is 0 Å². The molecule has 0 aromatic heterocycles. The van der Waals surface area contributed by atoms with Gasteiger partial charge in [-0.15, -0.1) is 0 Å². The van der Waals surface area contributed by atoms with Gasteiger partial charge in [-0.2, -0.15) is 13.2 Å². The topological polar surface area (TPSA) is 29.5 Å². The lowest BCUT2D eigenvalue weighted by atomic mass is 10.3. The summed E-state index contributed by atoms with van der Waals surface area (Å²) in [4.78, 5) is 11.6. The molecule has 0 unspecified atom stereocenters. The fraction of sp³-hybridized carbons (Fsp3) is 0.875. The number of rotatable bonds is 4. The molecule has 0 rings (SSSR count). The third-order valence-electron chi connectivity index (χ3n) is 1.66. The average molecular weight is 213 g/mol. The smallest absolute Gasteiger partial charge is 0.383 e. The lowest BCUT2D eigenvalue weighted by Gasteiger charge is -2.27. The Kier molecular flexibility index (Phi) is 4.90. The Bertz CT molecular complexity index is 192. The summed E-state index contributed by atoms with van der Waals surface area (Å²) in [6.07, 6.45) is -4.81. The molecule has 0 bridgehead atoms. The first kappa shape index (κ1) is 13.2. The van der Waals surface area contributed by atoms with E-state index < -0.39 is 18.1 Å². The molecule has 6 heteroatoms. The molecular weight excluding hydrogens is 199 g/mol. The number of alkyl halides is 3. The zero-order chi connectivity index (χ0) is 11.4. The maximum Gasteiger partial charge on any atom is 0.471 e. The Labute approximate surface area is 80.8 Å². The maximum atomic E-state index is 12.1. The van der Waals surface area contributed by atoms with E-state index in [2.05, 4.69) is 4.74 Å². The normalized spacial score (nSPS) is 11.9. The van der Waals surface area contributed by atoms with Crippen LogP contribution in [0.4, 0.5) is 13.2 Å². The van der Waals surface area contributed by atoms with Crippen molar-refractivity contribution >= 4 is 5.91 Å². The van der Waals surface area contributed by atoms with E-state index in [4.69, 9.17) is 0 Å². The van der Waals surface area contributed by atoms with Gasteiger partial charge in [0.25, 0.3) is 0 Å². The molecule has 0 radical (unpaired) electrons. The summed E-state index contributed by atoms with van der Waals surface area (Å²) in [5.41, 5.74) is 0. The van der Waals surface area contributed by atoms with Gasteiger partial charge in [-0.1, -0.05) is 0 Å². The predicted molar refractivity (Wildman–Crippen MR) is 44.8 cm³/mol. The van der Waals surface area contributed by atoms with Crippen LogP contribution >= 0.6 is 0 Å². The van der Waals surface area contributed by atoms with Crippen molar-refractivity contribution in [2.24, 2.45) is 0 Å². The van der Waals surface area contributed by atoms with E-state index in [9.17, 15) is 18.0 Å². The molecule has 0 aromatic carbocycles. The molecule has 84 valence electrons. The molecule has 14 heavy (non-hydrogen) atoms. The number of methoxy groups -OCH3 is 1. The van der Waals surface area contributed by atoms with Crippen LogP contribution in [0.5, 0.6) is 0 Å². The quantitative estimate of drug-likeness (QED) is 0.707. The second kappa shape index (κ2) is 5.19. The third kappa shape index (κ3) is 3.95. The van der Waals surface area contributed by atoms with Crippen LogP contribution in [0.1, 0.15) is 13.8 Å². The minimum absolute atomic E-state index is 0.0491.